The summed E-state index contributed by atoms with van der Waals surface area (Å²) in [6.45, 7) is 5.53. The largest absolute Gasteiger partial charge is 0.480 e. The second kappa shape index (κ2) is 8.02. The highest BCUT2D eigenvalue weighted by Gasteiger charge is 2.16. The first kappa shape index (κ1) is 15.8. The van der Waals surface area contributed by atoms with Gasteiger partial charge in [-0.25, -0.2) is 0 Å². The molecule has 0 radical (unpaired) electrons. The Hall–Kier alpha value is -1.26. The van der Waals surface area contributed by atoms with Gasteiger partial charge < -0.3 is 15.8 Å². The number of hydrogen-bond donors (Lipinski definition) is 2. The van der Waals surface area contributed by atoms with Crippen LogP contribution in [0.25, 0.3) is 0 Å². The first-order chi connectivity index (χ1) is 9.08. The summed E-state index contributed by atoms with van der Waals surface area (Å²) >= 11 is 5.99. The molecule has 0 saturated carbocycles. The first-order valence-electron chi connectivity index (χ1n) is 6.53. The second-order valence-electron chi connectivity index (χ2n) is 4.35. The van der Waals surface area contributed by atoms with E-state index in [1.54, 1.807) is 12.1 Å². The third-order valence-electron chi connectivity index (χ3n) is 2.72. The number of benzene rings is 1. The predicted molar refractivity (Wildman–Crippen MR) is 77.4 cm³/mol. The van der Waals surface area contributed by atoms with Gasteiger partial charge in [-0.1, -0.05) is 25.4 Å². The Bertz CT molecular complexity index is 424. The molecule has 0 spiro atoms. The van der Waals surface area contributed by atoms with E-state index in [0.29, 0.717) is 23.7 Å². The Labute approximate surface area is 119 Å². The molecule has 1 unspecified atom stereocenters. The zero-order chi connectivity index (χ0) is 14.3. The van der Waals surface area contributed by atoms with E-state index in [1.807, 2.05) is 13.0 Å². The van der Waals surface area contributed by atoms with Crippen molar-refractivity contribution in [1.82, 2.24) is 5.32 Å². The Kier molecular flexibility index (Phi) is 6.67. The third-order valence-corrected chi connectivity index (χ3v) is 2.96. The van der Waals surface area contributed by atoms with Gasteiger partial charge in [0.25, 0.3) is 5.91 Å². The number of ether oxygens (including phenoxy) is 1. The molecule has 0 heterocycles. The lowest BCUT2D eigenvalue weighted by atomic mass is 10.2. The first-order valence-corrected chi connectivity index (χ1v) is 6.91. The maximum Gasteiger partial charge on any atom is 0.258 e. The van der Waals surface area contributed by atoms with Crippen molar-refractivity contribution in [2.45, 2.75) is 39.3 Å². The summed E-state index contributed by atoms with van der Waals surface area (Å²) in [6, 6.07) is 5.36. The Morgan fingerprint density at radius 1 is 1.47 bits per heavy atom. The van der Waals surface area contributed by atoms with Crippen LogP contribution in [-0.2, 0) is 11.3 Å². The average Bonchev–Trinajstić information content (AvgIpc) is 2.37. The topological polar surface area (TPSA) is 64.3 Å². The van der Waals surface area contributed by atoms with Crippen LogP contribution >= 0.6 is 11.6 Å². The van der Waals surface area contributed by atoms with Crippen molar-refractivity contribution in [3.05, 3.63) is 28.8 Å². The average molecular weight is 285 g/mol. The lowest BCUT2D eigenvalue weighted by Gasteiger charge is -2.17. The number of halogens is 1. The van der Waals surface area contributed by atoms with Crippen molar-refractivity contribution < 1.29 is 9.53 Å². The van der Waals surface area contributed by atoms with Crippen LogP contribution in [0.1, 0.15) is 32.3 Å². The van der Waals surface area contributed by atoms with Gasteiger partial charge in [0.15, 0.2) is 6.10 Å². The molecule has 1 amide bonds. The Balaban J connectivity index is 2.83. The van der Waals surface area contributed by atoms with Gasteiger partial charge in [0.2, 0.25) is 0 Å². The molecule has 0 saturated heterocycles. The summed E-state index contributed by atoms with van der Waals surface area (Å²) in [4.78, 5) is 11.2. The van der Waals surface area contributed by atoms with Crippen LogP contribution in [0.15, 0.2) is 18.2 Å². The summed E-state index contributed by atoms with van der Waals surface area (Å²) in [5, 5.41) is 3.93. The van der Waals surface area contributed by atoms with E-state index in [0.717, 1.165) is 18.5 Å². The summed E-state index contributed by atoms with van der Waals surface area (Å²) in [6.07, 6.45) is 0.987. The molecule has 5 heteroatoms. The predicted octanol–water partition coefficient (Wildman–Crippen LogP) is 2.48. The van der Waals surface area contributed by atoms with Gasteiger partial charge in [0.05, 0.1) is 0 Å². The Morgan fingerprint density at radius 2 is 2.21 bits per heavy atom. The van der Waals surface area contributed by atoms with Crippen molar-refractivity contribution in [3.8, 4) is 5.75 Å². The zero-order valence-electron chi connectivity index (χ0n) is 11.4. The van der Waals surface area contributed by atoms with E-state index in [-0.39, 0.29) is 0 Å². The van der Waals surface area contributed by atoms with Crippen LogP contribution in [0.2, 0.25) is 5.02 Å². The van der Waals surface area contributed by atoms with Crippen molar-refractivity contribution in [2.24, 2.45) is 5.73 Å². The van der Waals surface area contributed by atoms with Crippen LogP contribution in [-0.4, -0.2) is 18.6 Å². The van der Waals surface area contributed by atoms with Crippen LogP contribution < -0.4 is 15.8 Å². The summed E-state index contributed by atoms with van der Waals surface area (Å²) in [5.41, 5.74) is 6.22. The van der Waals surface area contributed by atoms with Crippen molar-refractivity contribution in [2.75, 3.05) is 6.54 Å². The van der Waals surface area contributed by atoms with Gasteiger partial charge in [-0.3, -0.25) is 4.79 Å². The molecule has 0 fully saturated rings. The van der Waals surface area contributed by atoms with Crippen molar-refractivity contribution in [1.29, 1.82) is 0 Å². The number of primary amides is 1. The minimum absolute atomic E-state index is 0.454. The lowest BCUT2D eigenvalue weighted by molar-refractivity contribution is -0.124. The Morgan fingerprint density at radius 3 is 2.79 bits per heavy atom. The summed E-state index contributed by atoms with van der Waals surface area (Å²) < 4.78 is 5.67. The van der Waals surface area contributed by atoms with E-state index in [4.69, 9.17) is 22.1 Å². The fourth-order valence-corrected chi connectivity index (χ4v) is 1.89. The molecule has 0 aliphatic rings. The third kappa shape index (κ3) is 5.09. The van der Waals surface area contributed by atoms with Crippen LogP contribution in [0, 0.1) is 0 Å². The lowest BCUT2D eigenvalue weighted by Crippen LogP contribution is -2.33. The monoisotopic (exact) mass is 284 g/mol. The van der Waals surface area contributed by atoms with Gasteiger partial charge >= 0.3 is 0 Å². The molecule has 0 aliphatic heterocycles. The molecule has 1 atom stereocenters. The maximum atomic E-state index is 11.2. The van der Waals surface area contributed by atoms with Crippen LogP contribution in [0.5, 0.6) is 5.75 Å². The fourth-order valence-electron chi connectivity index (χ4n) is 1.70. The molecule has 3 N–H and O–H groups in total. The van der Waals surface area contributed by atoms with E-state index in [2.05, 4.69) is 12.2 Å². The smallest absolute Gasteiger partial charge is 0.258 e. The quantitative estimate of drug-likeness (QED) is 0.721. The fraction of sp³-hybridized carbons (Fsp3) is 0.500. The normalized spacial score (nSPS) is 12.2. The number of amides is 1. The molecule has 4 nitrogen and oxygen atoms in total. The van der Waals surface area contributed by atoms with E-state index >= 15 is 0 Å². The van der Waals surface area contributed by atoms with E-state index in [1.165, 1.54) is 0 Å². The number of carbonyl (C=O) groups is 1. The molecule has 1 aromatic carbocycles. The number of hydrogen-bond acceptors (Lipinski definition) is 3. The minimum atomic E-state index is -0.605. The van der Waals surface area contributed by atoms with Crippen LogP contribution in [0.4, 0.5) is 0 Å². The number of nitrogens with two attached hydrogens (primary N) is 1. The number of nitrogens with one attached hydrogen (secondary N) is 1. The molecular formula is C14H21ClN2O2. The van der Waals surface area contributed by atoms with E-state index < -0.39 is 12.0 Å². The van der Waals surface area contributed by atoms with Gasteiger partial charge in [0, 0.05) is 17.1 Å². The minimum Gasteiger partial charge on any atom is -0.480 e. The second-order valence-corrected chi connectivity index (χ2v) is 4.78. The number of carbonyl (C=O) groups excluding carboxylic acids is 1. The number of rotatable bonds is 8. The molecule has 19 heavy (non-hydrogen) atoms. The summed E-state index contributed by atoms with van der Waals surface area (Å²) in [7, 11) is 0. The molecule has 1 rings (SSSR count). The van der Waals surface area contributed by atoms with Crippen molar-refractivity contribution in [3.63, 3.8) is 0 Å². The molecule has 0 aromatic heterocycles. The molecule has 106 valence electrons. The SMILES string of the molecule is CCCNCc1cc(Cl)ccc1OC(CC)C(N)=O. The highest BCUT2D eigenvalue weighted by Crippen LogP contribution is 2.24. The van der Waals surface area contributed by atoms with Crippen LogP contribution in [0.3, 0.4) is 0 Å². The molecular weight excluding hydrogens is 264 g/mol. The highest BCUT2D eigenvalue weighted by atomic mass is 35.5. The van der Waals surface area contributed by atoms with Gasteiger partial charge in [-0.2, -0.15) is 0 Å². The summed E-state index contributed by atoms with van der Waals surface area (Å²) in [5.74, 6) is 0.198. The van der Waals surface area contributed by atoms with Gasteiger partial charge in [-0.15, -0.1) is 0 Å². The van der Waals surface area contributed by atoms with Gasteiger partial charge in [0.1, 0.15) is 5.75 Å². The standard InChI is InChI=1S/C14H21ClN2O2/c1-3-7-17-9-10-8-11(15)5-6-13(10)19-12(4-2)14(16)18/h5-6,8,12,17H,3-4,7,9H2,1-2H3,(H2,16,18). The van der Waals surface area contributed by atoms with Gasteiger partial charge in [-0.05, 0) is 37.6 Å². The maximum absolute atomic E-state index is 11.2. The molecule has 1 aromatic rings. The highest BCUT2D eigenvalue weighted by molar-refractivity contribution is 6.30. The zero-order valence-corrected chi connectivity index (χ0v) is 12.2. The van der Waals surface area contributed by atoms with Crippen molar-refractivity contribution >= 4 is 17.5 Å². The molecule has 0 bridgehead atoms. The van der Waals surface area contributed by atoms with E-state index in [9.17, 15) is 4.79 Å². The molecule has 0 aliphatic carbocycles.